The SMILES string of the molecule is CCN(C(=O)CN1CC(O)C(O)C1)C1=CCCC1. The van der Waals surface area contributed by atoms with Crippen molar-refractivity contribution in [2.75, 3.05) is 26.2 Å². The molecule has 18 heavy (non-hydrogen) atoms. The maximum Gasteiger partial charge on any atom is 0.240 e. The van der Waals surface area contributed by atoms with E-state index in [0.717, 1.165) is 25.0 Å². The lowest BCUT2D eigenvalue weighted by Crippen LogP contribution is -2.39. The number of likely N-dealkylation sites (tertiary alicyclic amines) is 1. The van der Waals surface area contributed by atoms with Crippen LogP contribution in [0.1, 0.15) is 26.2 Å². The predicted molar refractivity (Wildman–Crippen MR) is 67.8 cm³/mol. The maximum absolute atomic E-state index is 12.2. The molecule has 1 saturated heterocycles. The number of aliphatic hydroxyl groups excluding tert-OH is 2. The number of carbonyl (C=O) groups excluding carboxylic acids is 1. The van der Waals surface area contributed by atoms with Crippen LogP contribution in [0.4, 0.5) is 0 Å². The molecule has 2 unspecified atom stereocenters. The quantitative estimate of drug-likeness (QED) is 0.738. The van der Waals surface area contributed by atoms with Crippen LogP contribution in [-0.4, -0.2) is 64.3 Å². The number of β-amino-alcohol motifs (C(OH)–C–C–N with tert-alkyl or cyclic N) is 2. The van der Waals surface area contributed by atoms with Gasteiger partial charge in [0.05, 0.1) is 18.8 Å². The van der Waals surface area contributed by atoms with Gasteiger partial charge in [-0.15, -0.1) is 0 Å². The number of amides is 1. The van der Waals surface area contributed by atoms with Crippen molar-refractivity contribution in [1.82, 2.24) is 9.80 Å². The zero-order chi connectivity index (χ0) is 13.1. The van der Waals surface area contributed by atoms with Crippen molar-refractivity contribution in [2.24, 2.45) is 0 Å². The van der Waals surface area contributed by atoms with Gasteiger partial charge < -0.3 is 15.1 Å². The Morgan fingerprint density at radius 3 is 2.61 bits per heavy atom. The van der Waals surface area contributed by atoms with Crippen LogP contribution in [0, 0.1) is 0 Å². The summed E-state index contributed by atoms with van der Waals surface area (Å²) in [4.78, 5) is 15.8. The number of allylic oxidation sites excluding steroid dienone is 2. The Balaban J connectivity index is 1.90. The summed E-state index contributed by atoms with van der Waals surface area (Å²) in [7, 11) is 0. The molecule has 1 amide bonds. The van der Waals surface area contributed by atoms with Crippen LogP contribution in [0.5, 0.6) is 0 Å². The Bertz CT molecular complexity index is 333. The molecule has 102 valence electrons. The smallest absolute Gasteiger partial charge is 0.240 e. The van der Waals surface area contributed by atoms with E-state index in [4.69, 9.17) is 0 Å². The van der Waals surface area contributed by atoms with Crippen LogP contribution < -0.4 is 0 Å². The molecule has 2 aliphatic rings. The first-order valence-electron chi connectivity index (χ1n) is 6.69. The van der Waals surface area contributed by atoms with Gasteiger partial charge in [-0.3, -0.25) is 9.69 Å². The third kappa shape index (κ3) is 2.91. The lowest BCUT2D eigenvalue weighted by Gasteiger charge is -2.25. The molecule has 0 aromatic heterocycles. The van der Waals surface area contributed by atoms with E-state index in [0.29, 0.717) is 19.6 Å². The second-order valence-corrected chi connectivity index (χ2v) is 5.05. The highest BCUT2D eigenvalue weighted by atomic mass is 16.3. The fraction of sp³-hybridized carbons (Fsp3) is 0.769. The van der Waals surface area contributed by atoms with Crippen LogP contribution in [0.2, 0.25) is 0 Å². The Morgan fingerprint density at radius 2 is 2.11 bits per heavy atom. The number of hydrogen-bond donors (Lipinski definition) is 2. The topological polar surface area (TPSA) is 64.0 Å². The molecule has 0 aromatic carbocycles. The number of nitrogens with zero attached hydrogens (tertiary/aromatic N) is 2. The summed E-state index contributed by atoms with van der Waals surface area (Å²) >= 11 is 0. The van der Waals surface area contributed by atoms with E-state index in [-0.39, 0.29) is 12.5 Å². The maximum atomic E-state index is 12.2. The standard InChI is InChI=1S/C13H22N2O3/c1-2-15(10-5-3-4-6-10)13(18)9-14-7-11(16)12(17)8-14/h5,11-12,16-17H,2-4,6-9H2,1H3. The number of carbonyl (C=O) groups is 1. The van der Waals surface area contributed by atoms with Gasteiger partial charge in [0.25, 0.3) is 0 Å². The van der Waals surface area contributed by atoms with Crippen LogP contribution in [0.15, 0.2) is 11.8 Å². The van der Waals surface area contributed by atoms with E-state index in [1.165, 1.54) is 0 Å². The van der Waals surface area contributed by atoms with Gasteiger partial charge in [-0.1, -0.05) is 6.08 Å². The van der Waals surface area contributed by atoms with E-state index < -0.39 is 12.2 Å². The molecule has 0 radical (unpaired) electrons. The normalized spacial score (nSPS) is 28.5. The minimum Gasteiger partial charge on any atom is -0.389 e. The highest BCUT2D eigenvalue weighted by Crippen LogP contribution is 2.22. The fourth-order valence-electron chi connectivity index (χ4n) is 2.69. The average molecular weight is 254 g/mol. The van der Waals surface area contributed by atoms with Crippen molar-refractivity contribution in [3.8, 4) is 0 Å². The summed E-state index contributed by atoms with van der Waals surface area (Å²) in [6.45, 7) is 3.70. The van der Waals surface area contributed by atoms with Gasteiger partial charge >= 0.3 is 0 Å². The average Bonchev–Trinajstić information content (AvgIpc) is 2.92. The van der Waals surface area contributed by atoms with E-state index >= 15 is 0 Å². The van der Waals surface area contributed by atoms with E-state index in [2.05, 4.69) is 6.08 Å². The van der Waals surface area contributed by atoms with Crippen molar-refractivity contribution >= 4 is 5.91 Å². The van der Waals surface area contributed by atoms with Crippen molar-refractivity contribution in [3.05, 3.63) is 11.8 Å². The molecule has 1 fully saturated rings. The zero-order valence-electron chi connectivity index (χ0n) is 10.9. The van der Waals surface area contributed by atoms with E-state index in [1.54, 1.807) is 0 Å². The molecule has 0 spiro atoms. The van der Waals surface area contributed by atoms with Crippen molar-refractivity contribution in [1.29, 1.82) is 0 Å². The molecule has 0 bridgehead atoms. The first kappa shape index (κ1) is 13.5. The molecule has 2 atom stereocenters. The monoisotopic (exact) mass is 254 g/mol. The summed E-state index contributed by atoms with van der Waals surface area (Å²) in [5.74, 6) is 0.0620. The second-order valence-electron chi connectivity index (χ2n) is 5.05. The lowest BCUT2D eigenvalue weighted by molar-refractivity contribution is -0.130. The van der Waals surface area contributed by atoms with Gasteiger partial charge in [0, 0.05) is 25.3 Å². The Labute approximate surface area is 108 Å². The minimum atomic E-state index is -0.724. The number of likely N-dealkylation sites (N-methyl/N-ethyl adjacent to an activating group) is 1. The first-order chi connectivity index (χ1) is 8.61. The molecule has 5 heteroatoms. The molecule has 0 aromatic rings. The fourth-order valence-corrected chi connectivity index (χ4v) is 2.69. The van der Waals surface area contributed by atoms with Gasteiger partial charge in [-0.25, -0.2) is 0 Å². The van der Waals surface area contributed by atoms with Crippen LogP contribution in [0.25, 0.3) is 0 Å². The molecule has 1 aliphatic heterocycles. The van der Waals surface area contributed by atoms with E-state index in [1.807, 2.05) is 16.7 Å². The number of rotatable bonds is 4. The summed E-state index contributed by atoms with van der Waals surface area (Å²) in [5.41, 5.74) is 1.13. The van der Waals surface area contributed by atoms with Gasteiger partial charge in [-0.05, 0) is 26.2 Å². The third-order valence-corrected chi connectivity index (χ3v) is 3.67. The highest BCUT2D eigenvalue weighted by molar-refractivity contribution is 5.80. The number of aliphatic hydroxyl groups is 2. The molecule has 0 saturated carbocycles. The Kier molecular flexibility index (Phi) is 4.37. The molecule has 1 aliphatic carbocycles. The Morgan fingerprint density at radius 1 is 1.44 bits per heavy atom. The summed E-state index contributed by atoms with van der Waals surface area (Å²) < 4.78 is 0. The molecule has 2 rings (SSSR count). The largest absolute Gasteiger partial charge is 0.389 e. The van der Waals surface area contributed by atoms with Crippen molar-refractivity contribution < 1.29 is 15.0 Å². The van der Waals surface area contributed by atoms with Crippen LogP contribution in [0.3, 0.4) is 0 Å². The van der Waals surface area contributed by atoms with Crippen LogP contribution >= 0.6 is 0 Å². The van der Waals surface area contributed by atoms with Gasteiger partial charge in [0.2, 0.25) is 5.91 Å². The molecule has 1 heterocycles. The summed E-state index contributed by atoms with van der Waals surface area (Å²) in [5, 5.41) is 18.9. The third-order valence-electron chi connectivity index (χ3n) is 3.67. The second kappa shape index (κ2) is 5.82. The summed E-state index contributed by atoms with van der Waals surface area (Å²) in [6.07, 6.45) is 3.84. The molecule has 2 N–H and O–H groups in total. The van der Waals surface area contributed by atoms with Crippen molar-refractivity contribution in [2.45, 2.75) is 38.4 Å². The highest BCUT2D eigenvalue weighted by Gasteiger charge is 2.31. The molecular weight excluding hydrogens is 232 g/mol. The van der Waals surface area contributed by atoms with Crippen LogP contribution in [-0.2, 0) is 4.79 Å². The van der Waals surface area contributed by atoms with Gasteiger partial charge in [0.1, 0.15) is 0 Å². The number of hydrogen-bond acceptors (Lipinski definition) is 4. The van der Waals surface area contributed by atoms with E-state index in [9.17, 15) is 15.0 Å². The summed E-state index contributed by atoms with van der Waals surface area (Å²) in [6, 6.07) is 0. The molecule has 5 nitrogen and oxygen atoms in total. The van der Waals surface area contributed by atoms with Crippen molar-refractivity contribution in [3.63, 3.8) is 0 Å². The predicted octanol–water partition coefficient (Wildman–Crippen LogP) is -0.0599. The zero-order valence-corrected chi connectivity index (χ0v) is 10.9. The lowest BCUT2D eigenvalue weighted by atomic mass is 10.3. The molecular formula is C13H22N2O3. The van der Waals surface area contributed by atoms with Gasteiger partial charge in [-0.2, -0.15) is 0 Å². The van der Waals surface area contributed by atoms with Gasteiger partial charge in [0.15, 0.2) is 0 Å². The first-order valence-corrected chi connectivity index (χ1v) is 6.69. The Hall–Kier alpha value is -0.910. The minimum absolute atomic E-state index is 0.0620.